The first-order valence-electron chi connectivity index (χ1n) is 6.63. The molecule has 1 heterocycles. The van der Waals surface area contributed by atoms with E-state index < -0.39 is 0 Å². The van der Waals surface area contributed by atoms with Gasteiger partial charge in [-0.05, 0) is 39.8 Å². The van der Waals surface area contributed by atoms with Crippen LogP contribution in [0.1, 0.15) is 33.6 Å². The van der Waals surface area contributed by atoms with Gasteiger partial charge in [-0.15, -0.1) is 0 Å². The van der Waals surface area contributed by atoms with Gasteiger partial charge in [-0.25, -0.2) is 0 Å². The van der Waals surface area contributed by atoms with E-state index in [9.17, 15) is 0 Å². The predicted octanol–water partition coefficient (Wildman–Crippen LogP) is 1.39. The first-order valence-corrected chi connectivity index (χ1v) is 6.63. The average molecular weight is 227 g/mol. The minimum absolute atomic E-state index is 0.309. The molecule has 0 bridgehead atoms. The van der Waals surface area contributed by atoms with Crippen molar-refractivity contribution in [1.29, 1.82) is 0 Å². The SMILES string of the molecule is CCCC(CN)CN1CCN(C)C(C)(C)C1. The van der Waals surface area contributed by atoms with Crippen molar-refractivity contribution >= 4 is 0 Å². The predicted molar refractivity (Wildman–Crippen MR) is 70.6 cm³/mol. The van der Waals surface area contributed by atoms with Gasteiger partial charge in [0.1, 0.15) is 0 Å². The number of likely N-dealkylation sites (N-methyl/N-ethyl adjacent to an activating group) is 1. The highest BCUT2D eigenvalue weighted by Gasteiger charge is 2.31. The highest BCUT2D eigenvalue weighted by molar-refractivity contribution is 4.88. The van der Waals surface area contributed by atoms with E-state index in [1.165, 1.54) is 39.0 Å². The summed E-state index contributed by atoms with van der Waals surface area (Å²) < 4.78 is 0. The molecular formula is C13H29N3. The summed E-state index contributed by atoms with van der Waals surface area (Å²) in [6.45, 7) is 12.5. The molecule has 0 aromatic carbocycles. The molecule has 2 N–H and O–H groups in total. The third kappa shape index (κ3) is 3.72. The Bertz CT molecular complexity index is 203. The lowest BCUT2D eigenvalue weighted by atomic mass is 9.97. The first kappa shape index (κ1) is 13.9. The maximum absolute atomic E-state index is 5.83. The van der Waals surface area contributed by atoms with Crippen molar-refractivity contribution in [2.75, 3.05) is 39.8 Å². The highest BCUT2D eigenvalue weighted by atomic mass is 15.3. The number of nitrogens with two attached hydrogens (primary N) is 1. The minimum Gasteiger partial charge on any atom is -0.330 e. The van der Waals surface area contributed by atoms with Gasteiger partial charge in [-0.3, -0.25) is 9.80 Å². The maximum Gasteiger partial charge on any atom is 0.0277 e. The molecule has 1 saturated heterocycles. The standard InChI is InChI=1S/C13H29N3/c1-5-6-12(9-14)10-16-8-7-15(4)13(2,3)11-16/h12H,5-11,14H2,1-4H3. The van der Waals surface area contributed by atoms with Crippen molar-refractivity contribution in [3.05, 3.63) is 0 Å². The van der Waals surface area contributed by atoms with Gasteiger partial charge in [-0.2, -0.15) is 0 Å². The molecule has 0 radical (unpaired) electrons. The zero-order valence-corrected chi connectivity index (χ0v) is 11.5. The summed E-state index contributed by atoms with van der Waals surface area (Å²) in [4.78, 5) is 5.05. The van der Waals surface area contributed by atoms with Gasteiger partial charge >= 0.3 is 0 Å². The molecule has 0 saturated carbocycles. The molecule has 16 heavy (non-hydrogen) atoms. The third-order valence-corrected chi connectivity index (χ3v) is 3.94. The second-order valence-corrected chi connectivity index (χ2v) is 5.86. The number of hydrogen-bond donors (Lipinski definition) is 1. The first-order chi connectivity index (χ1) is 7.49. The van der Waals surface area contributed by atoms with Crippen LogP contribution in [0, 0.1) is 5.92 Å². The summed E-state index contributed by atoms with van der Waals surface area (Å²) in [5.41, 5.74) is 6.14. The molecule has 1 aliphatic heterocycles. The second kappa shape index (κ2) is 5.99. The van der Waals surface area contributed by atoms with E-state index in [-0.39, 0.29) is 0 Å². The van der Waals surface area contributed by atoms with Gasteiger partial charge in [0.2, 0.25) is 0 Å². The molecule has 0 aliphatic carbocycles. The number of rotatable bonds is 5. The third-order valence-electron chi connectivity index (χ3n) is 3.94. The van der Waals surface area contributed by atoms with E-state index in [0.717, 1.165) is 6.54 Å². The van der Waals surface area contributed by atoms with E-state index in [2.05, 4.69) is 37.6 Å². The molecule has 1 unspecified atom stereocenters. The molecule has 3 heteroatoms. The van der Waals surface area contributed by atoms with Crippen LogP contribution in [0.15, 0.2) is 0 Å². The minimum atomic E-state index is 0.309. The summed E-state index contributed by atoms with van der Waals surface area (Å²) in [6, 6.07) is 0. The summed E-state index contributed by atoms with van der Waals surface area (Å²) >= 11 is 0. The molecule has 0 spiro atoms. The van der Waals surface area contributed by atoms with E-state index in [1.807, 2.05) is 0 Å². The van der Waals surface area contributed by atoms with Crippen LogP contribution in [-0.2, 0) is 0 Å². The largest absolute Gasteiger partial charge is 0.330 e. The van der Waals surface area contributed by atoms with Crippen LogP contribution in [-0.4, -0.2) is 55.1 Å². The lowest BCUT2D eigenvalue weighted by molar-refractivity contribution is 0.0319. The van der Waals surface area contributed by atoms with Gasteiger partial charge in [0, 0.05) is 31.7 Å². The normalized spacial score (nSPS) is 24.6. The number of piperazine rings is 1. The molecule has 3 nitrogen and oxygen atoms in total. The van der Waals surface area contributed by atoms with Crippen LogP contribution in [0.5, 0.6) is 0 Å². The van der Waals surface area contributed by atoms with E-state index in [4.69, 9.17) is 5.73 Å². The Hall–Kier alpha value is -0.120. The van der Waals surface area contributed by atoms with Crippen molar-refractivity contribution in [3.8, 4) is 0 Å². The van der Waals surface area contributed by atoms with Crippen LogP contribution in [0.4, 0.5) is 0 Å². The van der Waals surface area contributed by atoms with E-state index >= 15 is 0 Å². The second-order valence-electron chi connectivity index (χ2n) is 5.86. The Morgan fingerprint density at radius 3 is 2.50 bits per heavy atom. The summed E-state index contributed by atoms with van der Waals surface area (Å²) in [5, 5.41) is 0. The lowest BCUT2D eigenvalue weighted by Crippen LogP contribution is -2.58. The molecule has 0 amide bonds. The highest BCUT2D eigenvalue weighted by Crippen LogP contribution is 2.20. The van der Waals surface area contributed by atoms with Gasteiger partial charge < -0.3 is 5.73 Å². The van der Waals surface area contributed by atoms with Crippen LogP contribution < -0.4 is 5.73 Å². The van der Waals surface area contributed by atoms with Gasteiger partial charge in [-0.1, -0.05) is 13.3 Å². The Labute approximate surface area is 101 Å². The molecule has 0 aromatic heterocycles. The van der Waals surface area contributed by atoms with E-state index in [0.29, 0.717) is 11.5 Å². The monoisotopic (exact) mass is 227 g/mol. The molecule has 1 atom stereocenters. The van der Waals surface area contributed by atoms with E-state index in [1.54, 1.807) is 0 Å². The van der Waals surface area contributed by atoms with Crippen LogP contribution in [0.2, 0.25) is 0 Å². The maximum atomic E-state index is 5.83. The Balaban J connectivity index is 2.43. The molecule has 0 aromatic rings. The van der Waals surface area contributed by atoms with Crippen LogP contribution in [0.25, 0.3) is 0 Å². The Morgan fingerprint density at radius 1 is 1.31 bits per heavy atom. The van der Waals surface area contributed by atoms with Gasteiger partial charge in [0.05, 0.1) is 0 Å². The molecular weight excluding hydrogens is 198 g/mol. The van der Waals surface area contributed by atoms with Crippen molar-refractivity contribution in [3.63, 3.8) is 0 Å². The fourth-order valence-corrected chi connectivity index (χ4v) is 2.55. The number of hydrogen-bond acceptors (Lipinski definition) is 3. The van der Waals surface area contributed by atoms with Crippen molar-refractivity contribution in [2.45, 2.75) is 39.2 Å². The summed E-state index contributed by atoms with van der Waals surface area (Å²) in [5.74, 6) is 0.684. The number of nitrogens with zero attached hydrogens (tertiary/aromatic N) is 2. The molecule has 1 fully saturated rings. The summed E-state index contributed by atoms with van der Waals surface area (Å²) in [7, 11) is 2.23. The quantitative estimate of drug-likeness (QED) is 0.770. The van der Waals surface area contributed by atoms with Crippen LogP contribution >= 0.6 is 0 Å². The Kier molecular flexibility index (Phi) is 5.22. The average Bonchev–Trinajstić information content (AvgIpc) is 2.22. The lowest BCUT2D eigenvalue weighted by Gasteiger charge is -2.46. The zero-order chi connectivity index (χ0) is 12.2. The van der Waals surface area contributed by atoms with Crippen molar-refractivity contribution in [1.82, 2.24) is 9.80 Å². The zero-order valence-electron chi connectivity index (χ0n) is 11.5. The molecule has 1 rings (SSSR count). The van der Waals surface area contributed by atoms with Crippen molar-refractivity contribution < 1.29 is 0 Å². The molecule has 96 valence electrons. The topological polar surface area (TPSA) is 32.5 Å². The van der Waals surface area contributed by atoms with Gasteiger partial charge in [0.25, 0.3) is 0 Å². The Morgan fingerprint density at radius 2 is 2.00 bits per heavy atom. The fraction of sp³-hybridized carbons (Fsp3) is 1.00. The molecule has 1 aliphatic rings. The smallest absolute Gasteiger partial charge is 0.0277 e. The van der Waals surface area contributed by atoms with Crippen LogP contribution in [0.3, 0.4) is 0 Å². The fourth-order valence-electron chi connectivity index (χ4n) is 2.55. The van der Waals surface area contributed by atoms with Crippen molar-refractivity contribution in [2.24, 2.45) is 11.7 Å². The summed E-state index contributed by atoms with van der Waals surface area (Å²) in [6.07, 6.45) is 2.52. The van der Waals surface area contributed by atoms with Gasteiger partial charge in [0.15, 0.2) is 0 Å².